The van der Waals surface area contributed by atoms with Crippen LogP contribution in [0.5, 0.6) is 0 Å². The Kier molecular flexibility index (Phi) is 15.5. The molecule has 16 nitrogen and oxygen atoms in total. The van der Waals surface area contributed by atoms with Crippen molar-refractivity contribution in [3.63, 3.8) is 0 Å². The maximum absolute atomic E-state index is 14.2. The number of carbonyl (C=O) groups excluding carboxylic acids is 5. The first kappa shape index (κ1) is 45.0. The summed E-state index contributed by atoms with van der Waals surface area (Å²) in [6, 6.07) is 11.0. The fourth-order valence-electron chi connectivity index (χ4n) is 7.33. The van der Waals surface area contributed by atoms with Crippen molar-refractivity contribution in [3.8, 4) is 0 Å². The number of sulfone groups is 1. The summed E-state index contributed by atoms with van der Waals surface area (Å²) in [7, 11) is 0.0481. The smallest absolute Gasteiger partial charge is 0.321 e. The highest BCUT2D eigenvalue weighted by Gasteiger charge is 2.53. The number of esters is 4. The molecule has 0 unspecified atom stereocenters. The fraction of sp³-hybridized carbons (Fsp3) is 0.575. The second kappa shape index (κ2) is 19.6. The van der Waals surface area contributed by atoms with Gasteiger partial charge in [0, 0.05) is 58.7 Å². The monoisotopic (exact) mass is 816 g/mol. The Labute approximate surface area is 334 Å². The normalized spacial score (nSPS) is 23.4. The Bertz CT molecular complexity index is 1880. The second-order valence-corrected chi connectivity index (χ2v) is 16.7. The van der Waals surface area contributed by atoms with E-state index in [2.05, 4.69) is 29.8 Å². The third-order valence-electron chi connectivity index (χ3n) is 9.83. The first-order valence-electron chi connectivity index (χ1n) is 19.2. The number of benzene rings is 2. The summed E-state index contributed by atoms with van der Waals surface area (Å²) in [6.45, 7) is 8.17. The van der Waals surface area contributed by atoms with Crippen molar-refractivity contribution in [1.82, 2.24) is 10.6 Å². The van der Waals surface area contributed by atoms with E-state index >= 15 is 0 Å². The number of carbonyl (C=O) groups is 5. The topological polar surface area (TPSA) is 205 Å². The molecule has 57 heavy (non-hydrogen) atoms. The molecule has 2 aromatic carbocycles. The molecule has 0 bridgehead atoms. The minimum Gasteiger partial charge on any atom is -0.463 e. The van der Waals surface area contributed by atoms with Crippen LogP contribution < -0.4 is 20.9 Å². The summed E-state index contributed by atoms with van der Waals surface area (Å²) in [5, 5.41) is 9.21. The number of anilines is 2. The van der Waals surface area contributed by atoms with Crippen molar-refractivity contribution >= 4 is 51.1 Å². The van der Waals surface area contributed by atoms with Gasteiger partial charge in [-0.3, -0.25) is 24.5 Å². The summed E-state index contributed by atoms with van der Waals surface area (Å²) in [5.41, 5.74) is 1.73. The second-order valence-electron chi connectivity index (χ2n) is 14.8. The van der Waals surface area contributed by atoms with Crippen molar-refractivity contribution in [3.05, 3.63) is 53.6 Å². The average molecular weight is 817 g/mol. The van der Waals surface area contributed by atoms with Crippen molar-refractivity contribution in [2.24, 2.45) is 0 Å². The first-order chi connectivity index (χ1) is 26.9. The number of hydrogen-bond donors (Lipinski definition) is 3. The molecule has 17 heteroatoms. The zero-order valence-electron chi connectivity index (χ0n) is 33.9. The number of ether oxygens (including phenoxy) is 5. The van der Waals surface area contributed by atoms with E-state index in [4.69, 9.17) is 23.7 Å². The van der Waals surface area contributed by atoms with Gasteiger partial charge in [0.15, 0.2) is 34.4 Å². The number of unbranched alkanes of at least 4 members (excludes halogenated alkanes) is 2. The Hall–Kier alpha value is -4.74. The van der Waals surface area contributed by atoms with Crippen molar-refractivity contribution in [2.45, 2.75) is 127 Å². The van der Waals surface area contributed by atoms with Crippen molar-refractivity contribution in [1.29, 1.82) is 0 Å². The van der Waals surface area contributed by atoms with Crippen molar-refractivity contribution < 1.29 is 56.1 Å². The number of hydrogen-bond acceptors (Lipinski definition) is 14. The zero-order valence-corrected chi connectivity index (χ0v) is 34.7. The van der Waals surface area contributed by atoms with Crippen LogP contribution in [0, 0.1) is 0 Å². The Morgan fingerprint density at radius 3 is 2.04 bits per heavy atom. The summed E-state index contributed by atoms with van der Waals surface area (Å²) in [6.07, 6.45) is -2.33. The molecule has 314 valence electrons. The number of urea groups is 1. The van der Waals surface area contributed by atoms with Crippen LogP contribution in [-0.4, -0.2) is 101 Å². The molecule has 1 saturated heterocycles. The lowest BCUT2D eigenvalue weighted by Crippen LogP contribution is -2.66. The summed E-state index contributed by atoms with van der Waals surface area (Å²) >= 11 is 0. The van der Waals surface area contributed by atoms with Crippen LogP contribution in [-0.2, 0) is 52.7 Å². The molecule has 0 aliphatic carbocycles. The molecular formula is C40H56N4O12S. The minimum absolute atomic E-state index is 0.0544. The Morgan fingerprint density at radius 1 is 0.842 bits per heavy atom. The summed E-state index contributed by atoms with van der Waals surface area (Å²) in [5.74, 6) is -3.14. The Morgan fingerprint density at radius 2 is 1.46 bits per heavy atom. The predicted octanol–water partition coefficient (Wildman–Crippen LogP) is 4.54. The molecule has 0 aromatic heterocycles. The molecule has 2 amide bonds. The number of nitrogens with one attached hydrogen (secondary N) is 3. The van der Waals surface area contributed by atoms with Crippen LogP contribution in [0.25, 0.3) is 0 Å². The van der Waals surface area contributed by atoms with Gasteiger partial charge in [-0.15, -0.1) is 0 Å². The number of amides is 2. The van der Waals surface area contributed by atoms with Gasteiger partial charge in [0.05, 0.1) is 16.7 Å². The van der Waals surface area contributed by atoms with Gasteiger partial charge in [0.1, 0.15) is 12.7 Å². The van der Waals surface area contributed by atoms with Gasteiger partial charge in [0.25, 0.3) is 0 Å². The summed E-state index contributed by atoms with van der Waals surface area (Å²) in [4.78, 5) is 64.2. The van der Waals surface area contributed by atoms with Gasteiger partial charge in [0.2, 0.25) is 0 Å². The van der Waals surface area contributed by atoms with Gasteiger partial charge in [-0.1, -0.05) is 51.7 Å². The van der Waals surface area contributed by atoms with Crippen LogP contribution >= 0.6 is 0 Å². The predicted molar refractivity (Wildman–Crippen MR) is 210 cm³/mol. The molecule has 6 atom stereocenters. The van der Waals surface area contributed by atoms with Gasteiger partial charge in [-0.25, -0.2) is 13.2 Å². The molecule has 1 fully saturated rings. The molecule has 2 heterocycles. The minimum atomic E-state index is -3.72. The van der Waals surface area contributed by atoms with Gasteiger partial charge < -0.3 is 39.2 Å². The van der Waals surface area contributed by atoms with E-state index in [9.17, 15) is 32.4 Å². The molecule has 0 saturated carbocycles. The van der Waals surface area contributed by atoms with E-state index in [0.717, 1.165) is 59.1 Å². The van der Waals surface area contributed by atoms with Crippen LogP contribution in [0.4, 0.5) is 16.2 Å². The molecule has 0 spiro atoms. The molecule has 3 N–H and O–H groups in total. The lowest BCUT2D eigenvalue weighted by molar-refractivity contribution is -0.255. The molecule has 4 rings (SSSR count). The number of rotatable bonds is 15. The average Bonchev–Trinajstić information content (AvgIpc) is 3.22. The lowest BCUT2D eigenvalue weighted by Gasteiger charge is -2.44. The maximum atomic E-state index is 14.2. The Balaban J connectivity index is 1.73. The van der Waals surface area contributed by atoms with E-state index in [1.807, 2.05) is 31.1 Å². The van der Waals surface area contributed by atoms with E-state index in [0.29, 0.717) is 29.7 Å². The highest BCUT2D eigenvalue weighted by Crippen LogP contribution is 2.41. The lowest BCUT2D eigenvalue weighted by atomic mass is 9.86. The fourth-order valence-corrected chi connectivity index (χ4v) is 9.40. The molecule has 2 aliphatic heterocycles. The molecule has 0 radical (unpaired) electrons. The quantitative estimate of drug-likeness (QED) is 0.167. The van der Waals surface area contributed by atoms with Crippen LogP contribution in [0.2, 0.25) is 0 Å². The van der Waals surface area contributed by atoms with Crippen LogP contribution in [0.1, 0.15) is 97.2 Å². The SMILES string of the molecule is CCCCC1(CCCC)CS(=O)(=O)c2ccc(N(C)C)cc2[C@@H](c2cccc(NC(=O)N[C@@H]3O[C@H](COC(C)=O)[C@@H](OC(C)=O)[C@H](OC(C)=O)[C@H]3OC(C)=O)c2)N1. The first-order valence-corrected chi connectivity index (χ1v) is 20.8. The highest BCUT2D eigenvalue weighted by atomic mass is 32.2. The van der Waals surface area contributed by atoms with Gasteiger partial charge in [-0.2, -0.15) is 0 Å². The van der Waals surface area contributed by atoms with Gasteiger partial charge >= 0.3 is 29.9 Å². The maximum Gasteiger partial charge on any atom is 0.321 e. The van der Waals surface area contributed by atoms with Crippen molar-refractivity contribution in [2.75, 3.05) is 36.7 Å². The van der Waals surface area contributed by atoms with E-state index in [-0.39, 0.29) is 10.6 Å². The molecule has 2 aliphatic rings. The zero-order chi connectivity index (χ0) is 42.1. The van der Waals surface area contributed by atoms with Crippen LogP contribution in [0.15, 0.2) is 47.4 Å². The number of nitrogens with zero attached hydrogens (tertiary/aromatic N) is 1. The van der Waals surface area contributed by atoms with Crippen LogP contribution in [0.3, 0.4) is 0 Å². The molecule has 2 aromatic rings. The number of fused-ring (bicyclic) bond motifs is 1. The summed E-state index contributed by atoms with van der Waals surface area (Å²) < 4.78 is 55.9. The van der Waals surface area contributed by atoms with E-state index in [1.165, 1.54) is 0 Å². The van der Waals surface area contributed by atoms with E-state index in [1.54, 1.807) is 30.3 Å². The van der Waals surface area contributed by atoms with Gasteiger partial charge in [-0.05, 0) is 54.3 Å². The molecular weight excluding hydrogens is 761 g/mol. The van der Waals surface area contributed by atoms with E-state index < -0.39 is 88.6 Å². The largest absolute Gasteiger partial charge is 0.463 e. The third-order valence-corrected chi connectivity index (χ3v) is 11.8. The standard InChI is InChI=1S/C40H56N4O12S/c1-9-11-18-40(19-12-10-2)23-57(50,51)33-17-16-30(44(7)8)21-31(33)34(43-40)28-14-13-15-29(20-28)41-39(49)42-38-37(55-27(6)48)36(54-26(5)47)35(53-25(4)46)32(56-38)22-52-24(3)45/h13-17,20-21,32,34-38,43H,9-12,18-19,22-23H2,1-8H3,(H2,41,42,49)/t32-,34-,35-,36+,37-,38-/m1/s1. The highest BCUT2D eigenvalue weighted by molar-refractivity contribution is 7.91. The third kappa shape index (κ3) is 11.9.